The molecule has 0 radical (unpaired) electrons. The SMILES string of the molecule is Cl.Cl.O=C(CCC1CCNCC1)N1CCC(Nc2ccccc2)C1. The third-order valence-corrected chi connectivity index (χ3v) is 4.91. The summed E-state index contributed by atoms with van der Waals surface area (Å²) < 4.78 is 0. The lowest BCUT2D eigenvalue weighted by atomic mass is 9.93. The Labute approximate surface area is 157 Å². The summed E-state index contributed by atoms with van der Waals surface area (Å²) in [6.45, 7) is 3.98. The molecule has 2 aliphatic rings. The van der Waals surface area contributed by atoms with Crippen LogP contribution in [0.1, 0.15) is 32.1 Å². The largest absolute Gasteiger partial charge is 0.380 e. The summed E-state index contributed by atoms with van der Waals surface area (Å²) in [4.78, 5) is 14.4. The van der Waals surface area contributed by atoms with Gasteiger partial charge in [0.2, 0.25) is 5.91 Å². The Morgan fingerprint density at radius 1 is 1.12 bits per heavy atom. The van der Waals surface area contributed by atoms with Crippen molar-refractivity contribution in [2.75, 3.05) is 31.5 Å². The van der Waals surface area contributed by atoms with E-state index in [9.17, 15) is 4.79 Å². The van der Waals surface area contributed by atoms with Crippen LogP contribution in [0.25, 0.3) is 0 Å². The average Bonchev–Trinajstić information content (AvgIpc) is 3.03. The topological polar surface area (TPSA) is 44.4 Å². The molecule has 6 heteroatoms. The van der Waals surface area contributed by atoms with Crippen LogP contribution in [-0.2, 0) is 4.79 Å². The van der Waals surface area contributed by atoms with Crippen molar-refractivity contribution >= 4 is 36.4 Å². The molecular formula is C18H29Cl2N3O. The number of halogens is 2. The lowest BCUT2D eigenvalue weighted by Crippen LogP contribution is -2.32. The number of rotatable bonds is 5. The number of piperidine rings is 1. The van der Waals surface area contributed by atoms with Gasteiger partial charge in [-0.15, -0.1) is 24.8 Å². The fraction of sp³-hybridized carbons (Fsp3) is 0.611. The van der Waals surface area contributed by atoms with Gasteiger partial charge in [0.15, 0.2) is 0 Å². The molecule has 2 aliphatic heterocycles. The second-order valence-electron chi connectivity index (χ2n) is 6.57. The number of carbonyl (C=O) groups is 1. The van der Waals surface area contributed by atoms with Gasteiger partial charge in [-0.05, 0) is 56.8 Å². The summed E-state index contributed by atoms with van der Waals surface area (Å²) in [7, 11) is 0. The molecule has 1 aromatic carbocycles. The highest BCUT2D eigenvalue weighted by molar-refractivity contribution is 5.85. The van der Waals surface area contributed by atoms with E-state index in [1.165, 1.54) is 12.8 Å². The van der Waals surface area contributed by atoms with Crippen LogP contribution in [0.15, 0.2) is 30.3 Å². The molecule has 2 fully saturated rings. The van der Waals surface area contributed by atoms with Gasteiger partial charge in [-0.3, -0.25) is 4.79 Å². The molecule has 2 saturated heterocycles. The van der Waals surface area contributed by atoms with Gasteiger partial charge in [-0.2, -0.15) is 0 Å². The maximum absolute atomic E-state index is 12.4. The van der Waals surface area contributed by atoms with Crippen LogP contribution in [0, 0.1) is 5.92 Å². The summed E-state index contributed by atoms with van der Waals surface area (Å²) in [6.07, 6.45) is 5.29. The summed E-state index contributed by atoms with van der Waals surface area (Å²) in [5, 5.41) is 6.91. The molecule has 1 atom stereocenters. The minimum atomic E-state index is 0. The summed E-state index contributed by atoms with van der Waals surface area (Å²) in [5.74, 6) is 1.09. The highest BCUT2D eigenvalue weighted by atomic mass is 35.5. The van der Waals surface area contributed by atoms with Crippen molar-refractivity contribution in [3.8, 4) is 0 Å². The Morgan fingerprint density at radius 3 is 2.54 bits per heavy atom. The number of likely N-dealkylation sites (tertiary alicyclic amines) is 1. The summed E-state index contributed by atoms with van der Waals surface area (Å²) in [6, 6.07) is 10.7. The van der Waals surface area contributed by atoms with E-state index in [1.54, 1.807) is 0 Å². The van der Waals surface area contributed by atoms with Crippen molar-refractivity contribution in [2.24, 2.45) is 5.92 Å². The molecule has 1 amide bonds. The number of hydrogen-bond acceptors (Lipinski definition) is 3. The Morgan fingerprint density at radius 2 is 1.83 bits per heavy atom. The molecule has 2 N–H and O–H groups in total. The molecule has 0 saturated carbocycles. The first-order valence-corrected chi connectivity index (χ1v) is 8.61. The third-order valence-electron chi connectivity index (χ3n) is 4.91. The van der Waals surface area contributed by atoms with Gasteiger partial charge in [0.25, 0.3) is 0 Å². The lowest BCUT2D eigenvalue weighted by Gasteiger charge is -2.23. The molecule has 24 heavy (non-hydrogen) atoms. The zero-order valence-corrected chi connectivity index (χ0v) is 15.7. The van der Waals surface area contributed by atoms with Crippen LogP contribution in [0.5, 0.6) is 0 Å². The molecule has 4 nitrogen and oxygen atoms in total. The van der Waals surface area contributed by atoms with E-state index in [-0.39, 0.29) is 24.8 Å². The molecule has 0 spiro atoms. The Balaban J connectivity index is 0.00000144. The standard InChI is InChI=1S/C18H27N3O.2ClH/c22-18(7-6-15-8-11-19-12-9-15)21-13-10-17(14-21)20-16-4-2-1-3-5-16;;/h1-5,15,17,19-20H,6-14H2;2*1H. The molecule has 3 rings (SSSR count). The zero-order valence-electron chi connectivity index (χ0n) is 14.1. The van der Waals surface area contributed by atoms with Gasteiger partial charge in [0.05, 0.1) is 0 Å². The maximum Gasteiger partial charge on any atom is 0.222 e. The van der Waals surface area contributed by atoms with Crippen molar-refractivity contribution in [1.29, 1.82) is 0 Å². The molecule has 136 valence electrons. The van der Waals surface area contributed by atoms with Gasteiger partial charge in [0.1, 0.15) is 0 Å². The average molecular weight is 374 g/mol. The minimum absolute atomic E-state index is 0. The number of carbonyl (C=O) groups excluding carboxylic acids is 1. The van der Waals surface area contributed by atoms with Crippen molar-refractivity contribution in [3.63, 3.8) is 0 Å². The van der Waals surface area contributed by atoms with Crippen molar-refractivity contribution in [2.45, 2.75) is 38.1 Å². The number of nitrogens with one attached hydrogen (secondary N) is 2. The number of amides is 1. The highest BCUT2D eigenvalue weighted by Crippen LogP contribution is 2.21. The molecule has 0 aromatic heterocycles. The highest BCUT2D eigenvalue weighted by Gasteiger charge is 2.26. The van der Waals surface area contributed by atoms with Crippen LogP contribution >= 0.6 is 24.8 Å². The van der Waals surface area contributed by atoms with Gasteiger partial charge < -0.3 is 15.5 Å². The zero-order chi connectivity index (χ0) is 15.2. The van der Waals surface area contributed by atoms with Gasteiger partial charge in [0, 0.05) is 31.2 Å². The first-order chi connectivity index (χ1) is 10.8. The fourth-order valence-electron chi connectivity index (χ4n) is 3.53. The normalized spacial score (nSPS) is 20.8. The van der Waals surface area contributed by atoms with Crippen molar-refractivity contribution in [3.05, 3.63) is 30.3 Å². The predicted molar refractivity (Wildman–Crippen MR) is 104 cm³/mol. The van der Waals surface area contributed by atoms with Gasteiger partial charge in [-0.1, -0.05) is 18.2 Å². The van der Waals surface area contributed by atoms with Gasteiger partial charge >= 0.3 is 0 Å². The number of nitrogens with zero attached hydrogens (tertiary/aromatic N) is 1. The predicted octanol–water partition coefficient (Wildman–Crippen LogP) is 3.32. The van der Waals surface area contributed by atoms with Crippen LogP contribution in [-0.4, -0.2) is 43.0 Å². The Kier molecular flexibility index (Phi) is 9.49. The van der Waals surface area contributed by atoms with E-state index >= 15 is 0 Å². The van der Waals surface area contributed by atoms with E-state index in [0.29, 0.717) is 11.9 Å². The number of hydrogen-bond donors (Lipinski definition) is 2. The van der Waals surface area contributed by atoms with Crippen LogP contribution < -0.4 is 10.6 Å². The first kappa shape index (κ1) is 21.1. The summed E-state index contributed by atoms with van der Waals surface area (Å²) in [5.41, 5.74) is 1.15. The smallest absolute Gasteiger partial charge is 0.222 e. The Bertz CT molecular complexity index is 480. The molecule has 0 bridgehead atoms. The molecular weight excluding hydrogens is 345 g/mol. The van der Waals surface area contributed by atoms with Crippen LogP contribution in [0.2, 0.25) is 0 Å². The maximum atomic E-state index is 12.4. The van der Waals surface area contributed by atoms with Crippen molar-refractivity contribution < 1.29 is 4.79 Å². The monoisotopic (exact) mass is 373 g/mol. The molecule has 1 aromatic rings. The van der Waals surface area contributed by atoms with E-state index in [1.807, 2.05) is 23.1 Å². The second kappa shape index (κ2) is 10.8. The Hall–Kier alpha value is -0.970. The van der Waals surface area contributed by atoms with E-state index < -0.39 is 0 Å². The number of para-hydroxylation sites is 1. The van der Waals surface area contributed by atoms with Crippen molar-refractivity contribution in [1.82, 2.24) is 10.2 Å². The van der Waals surface area contributed by atoms with E-state index in [2.05, 4.69) is 22.8 Å². The molecule has 0 aliphatic carbocycles. The van der Waals surface area contributed by atoms with Crippen LogP contribution in [0.4, 0.5) is 5.69 Å². The number of benzene rings is 1. The van der Waals surface area contributed by atoms with Gasteiger partial charge in [-0.25, -0.2) is 0 Å². The molecule has 2 heterocycles. The van der Waals surface area contributed by atoms with Crippen LogP contribution in [0.3, 0.4) is 0 Å². The lowest BCUT2D eigenvalue weighted by molar-refractivity contribution is -0.130. The minimum Gasteiger partial charge on any atom is -0.380 e. The fourth-order valence-corrected chi connectivity index (χ4v) is 3.53. The van der Waals surface area contributed by atoms with E-state index in [0.717, 1.165) is 57.0 Å². The van der Waals surface area contributed by atoms with E-state index in [4.69, 9.17) is 0 Å². The number of anilines is 1. The summed E-state index contributed by atoms with van der Waals surface area (Å²) >= 11 is 0. The second-order valence-corrected chi connectivity index (χ2v) is 6.57. The quantitative estimate of drug-likeness (QED) is 0.831. The third kappa shape index (κ3) is 6.15. The first-order valence-electron chi connectivity index (χ1n) is 8.61. The molecule has 1 unspecified atom stereocenters.